The molecule has 1 fully saturated rings. The van der Waals surface area contributed by atoms with Crippen LogP contribution >= 0.6 is 0 Å². The van der Waals surface area contributed by atoms with E-state index in [1.807, 2.05) is 0 Å². The molecule has 0 amide bonds. The smallest absolute Gasteiger partial charge is 0.0535 e. The largest absolute Gasteiger partial charge is 0.305 e. The van der Waals surface area contributed by atoms with E-state index in [1.54, 1.807) is 0 Å². The highest BCUT2D eigenvalue weighted by Crippen LogP contribution is 2.26. The van der Waals surface area contributed by atoms with E-state index in [0.717, 1.165) is 32.5 Å². The second-order valence-electron chi connectivity index (χ2n) is 5.57. The van der Waals surface area contributed by atoms with Crippen molar-refractivity contribution in [2.75, 3.05) is 19.6 Å². The Bertz CT molecular complexity index is 434. The van der Waals surface area contributed by atoms with Crippen LogP contribution in [0.25, 0.3) is 0 Å². The van der Waals surface area contributed by atoms with Crippen LogP contribution < -0.4 is 5.32 Å². The van der Waals surface area contributed by atoms with Crippen molar-refractivity contribution in [2.45, 2.75) is 38.3 Å². The van der Waals surface area contributed by atoms with E-state index in [4.69, 9.17) is 6.42 Å². The van der Waals surface area contributed by atoms with Crippen molar-refractivity contribution < 1.29 is 0 Å². The van der Waals surface area contributed by atoms with Gasteiger partial charge < -0.3 is 5.32 Å². The molecule has 0 bridgehead atoms. The first-order valence-electron chi connectivity index (χ1n) is 7.17. The lowest BCUT2D eigenvalue weighted by atomic mass is 9.88. The van der Waals surface area contributed by atoms with Gasteiger partial charge in [-0.25, -0.2) is 0 Å². The Morgan fingerprint density at radius 3 is 2.79 bits per heavy atom. The summed E-state index contributed by atoms with van der Waals surface area (Å²) in [5, 5.41) is 3.67. The fourth-order valence-electron chi connectivity index (χ4n) is 3.00. The van der Waals surface area contributed by atoms with Crippen LogP contribution in [0.3, 0.4) is 0 Å². The zero-order valence-electron chi connectivity index (χ0n) is 12.0. The second kappa shape index (κ2) is 6.23. The second-order valence-corrected chi connectivity index (χ2v) is 5.57. The predicted molar refractivity (Wildman–Crippen MR) is 80.9 cm³/mol. The molecule has 2 atom stereocenters. The fraction of sp³-hybridized carbons (Fsp3) is 0.529. The third-order valence-electron chi connectivity index (χ3n) is 4.19. The number of benzene rings is 1. The number of nitrogens with zero attached hydrogens (tertiary/aromatic N) is 1. The Kier molecular flexibility index (Phi) is 4.63. The van der Waals surface area contributed by atoms with Gasteiger partial charge in [0.25, 0.3) is 0 Å². The molecule has 0 radical (unpaired) electrons. The minimum absolute atomic E-state index is 0.0293. The lowest BCUT2D eigenvalue weighted by Crippen LogP contribution is -2.58. The summed E-state index contributed by atoms with van der Waals surface area (Å²) in [5.74, 6) is 2.82. The highest BCUT2D eigenvalue weighted by molar-refractivity contribution is 5.25. The molecular formula is C17H24N2. The van der Waals surface area contributed by atoms with Gasteiger partial charge in [0.15, 0.2) is 0 Å². The van der Waals surface area contributed by atoms with Gasteiger partial charge in [0.1, 0.15) is 0 Å². The molecule has 0 spiro atoms. The number of nitrogens with one attached hydrogen (secondary N) is 1. The quantitative estimate of drug-likeness (QED) is 0.833. The van der Waals surface area contributed by atoms with E-state index < -0.39 is 0 Å². The summed E-state index contributed by atoms with van der Waals surface area (Å²) in [6.07, 6.45) is 7.47. The summed E-state index contributed by atoms with van der Waals surface area (Å²) < 4.78 is 0. The van der Waals surface area contributed by atoms with Crippen LogP contribution in [0.2, 0.25) is 0 Å². The molecule has 102 valence electrons. The first-order valence-corrected chi connectivity index (χ1v) is 7.17. The van der Waals surface area contributed by atoms with Gasteiger partial charge in [-0.05, 0) is 18.9 Å². The van der Waals surface area contributed by atoms with Crippen molar-refractivity contribution in [3.8, 4) is 12.3 Å². The maximum Gasteiger partial charge on any atom is 0.0535 e. The minimum Gasteiger partial charge on any atom is -0.305 e. The van der Waals surface area contributed by atoms with Crippen LogP contribution in [0, 0.1) is 12.3 Å². The third-order valence-corrected chi connectivity index (χ3v) is 4.19. The van der Waals surface area contributed by atoms with Crippen LogP contribution in [-0.2, 0) is 5.54 Å². The number of piperazine rings is 1. The average Bonchev–Trinajstić information content (AvgIpc) is 2.46. The summed E-state index contributed by atoms with van der Waals surface area (Å²) >= 11 is 0. The Labute approximate surface area is 117 Å². The monoisotopic (exact) mass is 256 g/mol. The van der Waals surface area contributed by atoms with Gasteiger partial charge in [0, 0.05) is 32.1 Å². The summed E-state index contributed by atoms with van der Waals surface area (Å²) in [7, 11) is 0. The first kappa shape index (κ1) is 14.1. The summed E-state index contributed by atoms with van der Waals surface area (Å²) in [4.78, 5) is 2.54. The van der Waals surface area contributed by atoms with Crippen LogP contribution in [0.1, 0.15) is 32.3 Å². The van der Waals surface area contributed by atoms with E-state index in [9.17, 15) is 0 Å². The summed E-state index contributed by atoms with van der Waals surface area (Å²) in [6, 6.07) is 11.2. The van der Waals surface area contributed by atoms with Crippen molar-refractivity contribution in [1.29, 1.82) is 0 Å². The fourth-order valence-corrected chi connectivity index (χ4v) is 3.00. The van der Waals surface area contributed by atoms with Crippen molar-refractivity contribution in [1.82, 2.24) is 10.2 Å². The van der Waals surface area contributed by atoms with Gasteiger partial charge in [-0.3, -0.25) is 4.90 Å². The van der Waals surface area contributed by atoms with Crippen LogP contribution in [0.5, 0.6) is 0 Å². The number of hydrogen-bond donors (Lipinski definition) is 1. The molecule has 2 rings (SSSR count). The maximum absolute atomic E-state index is 5.50. The molecule has 0 aliphatic carbocycles. The highest BCUT2D eigenvalue weighted by atomic mass is 15.2. The zero-order valence-corrected chi connectivity index (χ0v) is 12.0. The van der Waals surface area contributed by atoms with E-state index in [2.05, 4.69) is 60.3 Å². The molecule has 1 heterocycles. The maximum atomic E-state index is 5.50. The molecule has 1 aromatic rings. The summed E-state index contributed by atoms with van der Waals surface area (Å²) in [6.45, 7) is 7.65. The Morgan fingerprint density at radius 1 is 1.42 bits per heavy atom. The molecule has 1 N–H and O–H groups in total. The van der Waals surface area contributed by atoms with Gasteiger partial charge in [-0.1, -0.05) is 37.3 Å². The van der Waals surface area contributed by atoms with Crippen LogP contribution in [0.4, 0.5) is 0 Å². The average molecular weight is 256 g/mol. The van der Waals surface area contributed by atoms with E-state index in [-0.39, 0.29) is 5.54 Å². The minimum atomic E-state index is 0.0293. The Balaban J connectivity index is 2.14. The topological polar surface area (TPSA) is 15.3 Å². The van der Waals surface area contributed by atoms with Gasteiger partial charge in [-0.15, -0.1) is 12.3 Å². The van der Waals surface area contributed by atoms with Gasteiger partial charge in [0.05, 0.1) is 5.54 Å². The van der Waals surface area contributed by atoms with Gasteiger partial charge >= 0.3 is 0 Å². The normalized spacial score (nSPS) is 25.7. The van der Waals surface area contributed by atoms with E-state index >= 15 is 0 Å². The molecule has 1 saturated heterocycles. The standard InChI is InChI=1S/C17H24N2/c1-4-9-16(5-2)19-13-12-18-17(3,14-19)15-10-7-6-8-11-15/h1,6-8,10-11,16,18H,5,9,12-14H2,2-3H3. The number of rotatable bonds is 4. The Morgan fingerprint density at radius 2 is 2.16 bits per heavy atom. The predicted octanol–water partition coefficient (Wildman–Crippen LogP) is 2.61. The Hall–Kier alpha value is -1.30. The third kappa shape index (κ3) is 3.18. The van der Waals surface area contributed by atoms with E-state index in [1.165, 1.54) is 5.56 Å². The zero-order chi connectivity index (χ0) is 13.7. The molecule has 1 aromatic carbocycles. The lowest BCUT2D eigenvalue weighted by molar-refractivity contribution is 0.0985. The van der Waals surface area contributed by atoms with Gasteiger partial charge in [0.2, 0.25) is 0 Å². The molecule has 2 heteroatoms. The van der Waals surface area contributed by atoms with Crippen molar-refractivity contribution in [3.63, 3.8) is 0 Å². The number of terminal acetylenes is 1. The molecule has 2 nitrogen and oxygen atoms in total. The number of hydrogen-bond acceptors (Lipinski definition) is 2. The molecule has 19 heavy (non-hydrogen) atoms. The molecule has 2 unspecified atom stereocenters. The lowest BCUT2D eigenvalue weighted by Gasteiger charge is -2.44. The summed E-state index contributed by atoms with van der Waals surface area (Å²) in [5.41, 5.74) is 1.39. The van der Waals surface area contributed by atoms with Crippen molar-refractivity contribution in [2.24, 2.45) is 0 Å². The van der Waals surface area contributed by atoms with Crippen LogP contribution in [-0.4, -0.2) is 30.6 Å². The van der Waals surface area contributed by atoms with E-state index in [0.29, 0.717) is 6.04 Å². The molecule has 1 aliphatic rings. The van der Waals surface area contributed by atoms with Crippen molar-refractivity contribution in [3.05, 3.63) is 35.9 Å². The first-order chi connectivity index (χ1) is 9.19. The van der Waals surface area contributed by atoms with Crippen LogP contribution in [0.15, 0.2) is 30.3 Å². The molecule has 0 aromatic heterocycles. The highest BCUT2D eigenvalue weighted by Gasteiger charge is 2.34. The van der Waals surface area contributed by atoms with Gasteiger partial charge in [-0.2, -0.15) is 0 Å². The SMILES string of the molecule is C#CCC(CC)N1CCNC(C)(c2ccccc2)C1. The van der Waals surface area contributed by atoms with Crippen molar-refractivity contribution >= 4 is 0 Å². The molecule has 0 saturated carbocycles. The molecular weight excluding hydrogens is 232 g/mol. The molecule has 1 aliphatic heterocycles.